The highest BCUT2D eigenvalue weighted by Crippen LogP contribution is 2.27. The van der Waals surface area contributed by atoms with Crippen molar-refractivity contribution in [3.8, 4) is 5.75 Å². The van der Waals surface area contributed by atoms with Crippen LogP contribution in [0.15, 0.2) is 58.5 Å². The molecular weight excluding hydrogens is 355 g/mol. The molecule has 2 aromatic rings. The van der Waals surface area contributed by atoms with E-state index >= 15 is 0 Å². The van der Waals surface area contributed by atoms with Crippen molar-refractivity contribution in [1.82, 2.24) is 5.32 Å². The number of para-hydroxylation sites is 1. The van der Waals surface area contributed by atoms with Crippen LogP contribution in [0.5, 0.6) is 5.75 Å². The molecule has 1 unspecified atom stereocenters. The number of anilines is 1. The Kier molecular flexibility index (Phi) is 5.68. The van der Waals surface area contributed by atoms with Crippen LogP contribution in [0.1, 0.15) is 18.9 Å². The summed E-state index contributed by atoms with van der Waals surface area (Å²) in [7, 11) is -1.58. The van der Waals surface area contributed by atoms with Crippen LogP contribution in [0.25, 0.3) is 0 Å². The second kappa shape index (κ2) is 8.14. The summed E-state index contributed by atoms with van der Waals surface area (Å²) in [5.74, 6) is -0.506. The predicted octanol–water partition coefficient (Wildman–Crippen LogP) is 3.31. The third kappa shape index (κ3) is 3.94. The van der Waals surface area contributed by atoms with E-state index in [-0.39, 0.29) is 11.4 Å². The minimum atomic E-state index is -1.58. The van der Waals surface area contributed by atoms with E-state index in [1.54, 1.807) is 30.3 Å². The van der Waals surface area contributed by atoms with E-state index in [1.165, 1.54) is 12.3 Å². The summed E-state index contributed by atoms with van der Waals surface area (Å²) in [6, 6.07) is 11.6. The van der Waals surface area contributed by atoms with Crippen molar-refractivity contribution in [2.45, 2.75) is 24.8 Å². The lowest BCUT2D eigenvalue weighted by atomic mass is 10.2. The Hall–Kier alpha value is -2.67. The van der Waals surface area contributed by atoms with Gasteiger partial charge in [-0.1, -0.05) is 25.1 Å². The van der Waals surface area contributed by atoms with Crippen molar-refractivity contribution < 1.29 is 18.1 Å². The minimum absolute atomic E-state index is 0.00505. The van der Waals surface area contributed by atoms with Crippen LogP contribution < -0.4 is 15.4 Å². The Morgan fingerprint density at radius 1 is 1.27 bits per heavy atom. The second-order valence-corrected chi connectivity index (χ2v) is 7.12. The maximum absolute atomic E-state index is 14.1. The first-order valence-corrected chi connectivity index (χ1v) is 9.42. The number of ether oxygens (including phenoxy) is 1. The molecule has 0 saturated heterocycles. The van der Waals surface area contributed by atoms with E-state index in [0.29, 0.717) is 28.5 Å². The van der Waals surface area contributed by atoms with Gasteiger partial charge in [-0.15, -0.1) is 0 Å². The third-order valence-corrected chi connectivity index (χ3v) is 5.26. The Balaban J connectivity index is 1.64. The molecule has 1 atom stereocenters. The quantitative estimate of drug-likeness (QED) is 0.814. The molecule has 1 aliphatic heterocycles. The Morgan fingerprint density at radius 3 is 2.85 bits per heavy atom. The van der Waals surface area contributed by atoms with E-state index in [2.05, 4.69) is 10.6 Å². The van der Waals surface area contributed by atoms with Gasteiger partial charge in [-0.3, -0.25) is 4.79 Å². The number of amides is 1. The molecule has 7 heteroatoms. The van der Waals surface area contributed by atoms with Crippen LogP contribution in [0.3, 0.4) is 0 Å². The number of carbonyl (C=O) groups excluding carboxylic acids is 1. The van der Waals surface area contributed by atoms with Gasteiger partial charge >= 0.3 is 0 Å². The van der Waals surface area contributed by atoms with E-state index in [0.717, 1.165) is 6.42 Å². The van der Waals surface area contributed by atoms with Crippen molar-refractivity contribution in [1.29, 1.82) is 0 Å². The van der Waals surface area contributed by atoms with Gasteiger partial charge in [-0.2, -0.15) is 0 Å². The smallest absolute Gasteiger partial charge is 0.262 e. The second-order valence-electron chi connectivity index (χ2n) is 5.70. The zero-order chi connectivity index (χ0) is 18.5. The number of hydrogen-bond donors (Lipinski definition) is 2. The topological polar surface area (TPSA) is 67.4 Å². The van der Waals surface area contributed by atoms with Gasteiger partial charge in [0.25, 0.3) is 5.91 Å². The van der Waals surface area contributed by atoms with Crippen molar-refractivity contribution in [2.75, 3.05) is 11.9 Å². The molecule has 136 valence electrons. The first-order chi connectivity index (χ1) is 12.6. The standard InChI is InChI=1S/C19H19FN2O3S/c1-2-9-25-14-8-7-13(15(20)10-14)11-22-19(23)18-12-21-16-5-3-4-6-17(16)26(18)24/h3-8,10,12,21H,2,9,11H2,1H3,(H,22,23). The molecule has 2 N–H and O–H groups in total. The Morgan fingerprint density at radius 2 is 2.08 bits per heavy atom. The highest BCUT2D eigenvalue weighted by atomic mass is 32.2. The molecule has 0 bridgehead atoms. The number of hydrogen-bond acceptors (Lipinski definition) is 4. The monoisotopic (exact) mass is 374 g/mol. The lowest BCUT2D eigenvalue weighted by Gasteiger charge is -2.17. The average molecular weight is 374 g/mol. The van der Waals surface area contributed by atoms with Crippen LogP contribution >= 0.6 is 0 Å². The zero-order valence-electron chi connectivity index (χ0n) is 14.3. The average Bonchev–Trinajstić information content (AvgIpc) is 2.66. The summed E-state index contributed by atoms with van der Waals surface area (Å²) in [6.45, 7) is 2.48. The maximum atomic E-state index is 14.1. The maximum Gasteiger partial charge on any atom is 0.262 e. The summed E-state index contributed by atoms with van der Waals surface area (Å²) in [6.07, 6.45) is 2.26. The fourth-order valence-corrected chi connectivity index (χ4v) is 3.63. The molecule has 0 spiro atoms. The molecule has 0 saturated carbocycles. The Labute approximate surface area is 153 Å². The Bertz CT molecular complexity index is 883. The number of fused-ring (bicyclic) bond motifs is 1. The highest BCUT2D eigenvalue weighted by Gasteiger charge is 2.24. The lowest BCUT2D eigenvalue weighted by Crippen LogP contribution is -2.28. The van der Waals surface area contributed by atoms with Crippen LogP contribution in [0, 0.1) is 5.82 Å². The van der Waals surface area contributed by atoms with E-state index in [1.807, 2.05) is 13.0 Å². The van der Waals surface area contributed by atoms with Crippen molar-refractivity contribution >= 4 is 22.4 Å². The largest absolute Gasteiger partial charge is 0.494 e. The van der Waals surface area contributed by atoms with Gasteiger partial charge < -0.3 is 15.4 Å². The molecule has 0 aromatic heterocycles. The summed E-state index contributed by atoms with van der Waals surface area (Å²) in [4.78, 5) is 13.0. The molecule has 0 radical (unpaired) electrons. The number of benzene rings is 2. The molecule has 2 aromatic carbocycles. The van der Waals surface area contributed by atoms with Gasteiger partial charge in [0.1, 0.15) is 16.5 Å². The molecule has 0 aliphatic carbocycles. The van der Waals surface area contributed by atoms with Gasteiger partial charge in [0.2, 0.25) is 0 Å². The molecule has 1 heterocycles. The van der Waals surface area contributed by atoms with Crippen LogP contribution in [-0.4, -0.2) is 16.7 Å². The summed E-state index contributed by atoms with van der Waals surface area (Å²) in [5, 5.41) is 5.57. The van der Waals surface area contributed by atoms with Gasteiger partial charge in [-0.05, 0) is 24.6 Å². The zero-order valence-corrected chi connectivity index (χ0v) is 15.1. The molecule has 5 nitrogen and oxygen atoms in total. The highest BCUT2D eigenvalue weighted by molar-refractivity contribution is 7.90. The third-order valence-electron chi connectivity index (χ3n) is 3.81. The van der Waals surface area contributed by atoms with Crippen LogP contribution in [-0.2, 0) is 22.1 Å². The van der Waals surface area contributed by atoms with Crippen molar-refractivity contribution in [3.05, 3.63) is 65.0 Å². The number of nitrogens with one attached hydrogen (secondary N) is 2. The first kappa shape index (κ1) is 18.1. The summed E-state index contributed by atoms with van der Waals surface area (Å²) >= 11 is 0. The lowest BCUT2D eigenvalue weighted by molar-refractivity contribution is -0.117. The van der Waals surface area contributed by atoms with Crippen LogP contribution in [0.4, 0.5) is 10.1 Å². The molecule has 1 amide bonds. The molecular formula is C19H19FN2O3S. The molecule has 26 heavy (non-hydrogen) atoms. The van der Waals surface area contributed by atoms with Gasteiger partial charge in [0, 0.05) is 24.4 Å². The van der Waals surface area contributed by atoms with Crippen molar-refractivity contribution in [3.63, 3.8) is 0 Å². The molecule has 3 rings (SSSR count). The van der Waals surface area contributed by atoms with E-state index in [9.17, 15) is 13.4 Å². The molecule has 1 aliphatic rings. The summed E-state index contributed by atoms with van der Waals surface area (Å²) in [5.41, 5.74) is 1.04. The van der Waals surface area contributed by atoms with Gasteiger partial charge in [-0.25, -0.2) is 8.60 Å². The van der Waals surface area contributed by atoms with E-state index < -0.39 is 22.5 Å². The normalized spacial score (nSPS) is 15.5. The fourth-order valence-electron chi connectivity index (χ4n) is 2.46. The fraction of sp³-hybridized carbons (Fsp3) is 0.211. The van der Waals surface area contributed by atoms with Crippen LogP contribution in [0.2, 0.25) is 0 Å². The van der Waals surface area contributed by atoms with Gasteiger partial charge in [0.15, 0.2) is 0 Å². The number of halogens is 1. The van der Waals surface area contributed by atoms with E-state index in [4.69, 9.17) is 4.74 Å². The first-order valence-electron chi connectivity index (χ1n) is 8.27. The minimum Gasteiger partial charge on any atom is -0.494 e. The number of carbonyl (C=O) groups is 1. The number of rotatable bonds is 6. The van der Waals surface area contributed by atoms with Gasteiger partial charge in [0.05, 0.1) is 28.0 Å². The summed E-state index contributed by atoms with van der Waals surface area (Å²) < 4.78 is 32.0. The SMILES string of the molecule is CCCOc1ccc(CNC(=O)C2=CNc3ccccc3S2=O)c(F)c1. The molecule has 0 fully saturated rings. The van der Waals surface area contributed by atoms with Crippen molar-refractivity contribution in [2.24, 2.45) is 0 Å². The predicted molar refractivity (Wildman–Crippen MR) is 98.6 cm³/mol.